The van der Waals surface area contributed by atoms with Gasteiger partial charge in [-0.25, -0.2) is 4.98 Å². The molecule has 5 nitrogen and oxygen atoms in total. The van der Waals surface area contributed by atoms with Crippen molar-refractivity contribution in [3.63, 3.8) is 0 Å². The van der Waals surface area contributed by atoms with Crippen molar-refractivity contribution in [3.8, 4) is 0 Å². The lowest BCUT2D eigenvalue weighted by atomic mass is 10.2. The zero-order valence-electron chi connectivity index (χ0n) is 16.0. The molecule has 1 amide bonds. The minimum atomic E-state index is -0.347. The average molecular weight is 382 g/mol. The zero-order valence-corrected chi connectivity index (χ0v) is 16.8. The van der Waals surface area contributed by atoms with Crippen molar-refractivity contribution in [2.45, 2.75) is 30.8 Å². The number of amides is 1. The quantitative estimate of drug-likeness (QED) is 0.502. The van der Waals surface area contributed by atoms with E-state index in [0.717, 1.165) is 11.1 Å². The first-order valence-corrected chi connectivity index (χ1v) is 9.67. The molecule has 0 saturated carbocycles. The number of carbonyl (C=O) groups is 1. The molecule has 3 rings (SSSR count). The Morgan fingerprint density at radius 1 is 1.22 bits per heavy atom. The van der Waals surface area contributed by atoms with Crippen molar-refractivity contribution in [2.75, 3.05) is 7.05 Å². The fourth-order valence-electron chi connectivity index (χ4n) is 2.92. The van der Waals surface area contributed by atoms with Crippen LogP contribution in [0, 0.1) is 6.92 Å². The van der Waals surface area contributed by atoms with Crippen molar-refractivity contribution in [1.82, 2.24) is 14.5 Å². The van der Waals surface area contributed by atoms with E-state index in [-0.39, 0.29) is 16.7 Å². The summed E-state index contributed by atoms with van der Waals surface area (Å²) in [6.45, 7) is 4.35. The number of aromatic nitrogens is 2. The maximum absolute atomic E-state index is 12.7. The molecule has 3 aromatic rings. The van der Waals surface area contributed by atoms with Gasteiger partial charge in [0.05, 0.1) is 16.2 Å². The third-order valence-electron chi connectivity index (χ3n) is 4.46. The molecule has 27 heavy (non-hydrogen) atoms. The summed E-state index contributed by atoms with van der Waals surface area (Å²) >= 11 is 1.31. The van der Waals surface area contributed by atoms with Crippen LogP contribution in [-0.4, -0.2) is 32.7 Å². The summed E-state index contributed by atoms with van der Waals surface area (Å²) in [5.41, 5.74) is 2.66. The first-order chi connectivity index (χ1) is 12.9. The van der Waals surface area contributed by atoms with Gasteiger partial charge in [0, 0.05) is 20.6 Å². The second kappa shape index (κ2) is 7.96. The van der Waals surface area contributed by atoms with Crippen LogP contribution in [0.1, 0.15) is 18.1 Å². The van der Waals surface area contributed by atoms with Crippen molar-refractivity contribution >= 4 is 28.6 Å². The third-order valence-corrected chi connectivity index (χ3v) is 5.59. The summed E-state index contributed by atoms with van der Waals surface area (Å²) in [6.07, 6.45) is 0. The molecule has 0 spiro atoms. The van der Waals surface area contributed by atoms with E-state index < -0.39 is 0 Å². The van der Waals surface area contributed by atoms with E-state index >= 15 is 0 Å². The first kappa shape index (κ1) is 19.2. The monoisotopic (exact) mass is 381 g/mol. The molecular weight excluding hydrogens is 358 g/mol. The minimum absolute atomic E-state index is 0.00195. The summed E-state index contributed by atoms with van der Waals surface area (Å²) in [5.74, 6) is 0.00195. The molecule has 140 valence electrons. The Kier molecular flexibility index (Phi) is 5.65. The van der Waals surface area contributed by atoms with Crippen LogP contribution in [0.25, 0.3) is 10.9 Å². The van der Waals surface area contributed by atoms with Crippen molar-refractivity contribution < 1.29 is 4.79 Å². The van der Waals surface area contributed by atoms with Gasteiger partial charge in [0.25, 0.3) is 5.56 Å². The minimum Gasteiger partial charge on any atom is -0.340 e. The van der Waals surface area contributed by atoms with Gasteiger partial charge in [0.15, 0.2) is 5.16 Å². The lowest BCUT2D eigenvalue weighted by Gasteiger charge is -2.21. The van der Waals surface area contributed by atoms with Gasteiger partial charge in [-0.1, -0.05) is 53.7 Å². The standard InChI is InChI=1S/C21H23N3O2S/c1-14-10-11-18-17(12-14)20(26)24(4)21(22-18)27-15(2)19(25)23(3)13-16-8-6-5-7-9-16/h5-12,15H,13H2,1-4H3. The van der Waals surface area contributed by atoms with Gasteiger partial charge in [0.1, 0.15) is 0 Å². The zero-order chi connectivity index (χ0) is 19.6. The Balaban J connectivity index is 1.80. The molecule has 0 bridgehead atoms. The topological polar surface area (TPSA) is 55.2 Å². The SMILES string of the molecule is Cc1ccc2nc(SC(C)C(=O)N(C)Cc3ccccc3)n(C)c(=O)c2c1. The highest BCUT2D eigenvalue weighted by molar-refractivity contribution is 8.00. The number of rotatable bonds is 5. The number of hydrogen-bond acceptors (Lipinski definition) is 4. The molecule has 0 saturated heterocycles. The number of carbonyl (C=O) groups excluding carboxylic acids is 1. The van der Waals surface area contributed by atoms with Crippen LogP contribution in [0.2, 0.25) is 0 Å². The van der Waals surface area contributed by atoms with Crippen LogP contribution < -0.4 is 5.56 Å². The van der Waals surface area contributed by atoms with Gasteiger partial charge in [-0.15, -0.1) is 0 Å². The van der Waals surface area contributed by atoms with E-state index in [1.807, 2.05) is 62.4 Å². The molecule has 0 aliphatic rings. The van der Waals surface area contributed by atoms with Gasteiger partial charge in [-0.05, 0) is 31.5 Å². The van der Waals surface area contributed by atoms with Gasteiger partial charge >= 0.3 is 0 Å². The molecule has 6 heteroatoms. The Hall–Kier alpha value is -2.60. The van der Waals surface area contributed by atoms with Crippen molar-refractivity contribution in [2.24, 2.45) is 7.05 Å². The number of fused-ring (bicyclic) bond motifs is 1. The largest absolute Gasteiger partial charge is 0.340 e. The summed E-state index contributed by atoms with van der Waals surface area (Å²) < 4.78 is 1.52. The summed E-state index contributed by atoms with van der Waals surface area (Å²) in [5, 5.41) is 0.798. The third kappa shape index (κ3) is 4.22. The highest BCUT2D eigenvalue weighted by Gasteiger charge is 2.21. The van der Waals surface area contributed by atoms with Crippen LogP contribution in [0.4, 0.5) is 0 Å². The van der Waals surface area contributed by atoms with Crippen molar-refractivity contribution in [3.05, 3.63) is 70.0 Å². The number of aryl methyl sites for hydroxylation is 1. The fraction of sp³-hybridized carbons (Fsp3) is 0.286. The summed E-state index contributed by atoms with van der Waals surface area (Å²) in [7, 11) is 3.49. The summed E-state index contributed by atoms with van der Waals surface area (Å²) in [6, 6.07) is 15.5. The second-order valence-electron chi connectivity index (χ2n) is 6.72. The molecule has 1 unspecified atom stereocenters. The smallest absolute Gasteiger partial charge is 0.261 e. The Labute approximate surface area is 163 Å². The summed E-state index contributed by atoms with van der Waals surface area (Å²) in [4.78, 5) is 31.7. The highest BCUT2D eigenvalue weighted by Crippen LogP contribution is 2.23. The van der Waals surface area contributed by atoms with Gasteiger partial charge in [0.2, 0.25) is 5.91 Å². The molecule has 0 aliphatic carbocycles. The molecule has 0 radical (unpaired) electrons. The van der Waals surface area contributed by atoms with Gasteiger partial charge in [-0.3, -0.25) is 14.2 Å². The van der Waals surface area contributed by atoms with Crippen LogP contribution in [0.15, 0.2) is 58.5 Å². The Morgan fingerprint density at radius 3 is 2.63 bits per heavy atom. The van der Waals surface area contributed by atoms with Crippen LogP contribution >= 0.6 is 11.8 Å². The first-order valence-electron chi connectivity index (χ1n) is 8.80. The molecule has 0 fully saturated rings. The van der Waals surface area contributed by atoms with Gasteiger partial charge in [-0.2, -0.15) is 0 Å². The Bertz CT molecular complexity index is 1030. The lowest BCUT2D eigenvalue weighted by molar-refractivity contribution is -0.129. The Morgan fingerprint density at radius 2 is 1.93 bits per heavy atom. The fourth-order valence-corrected chi connectivity index (χ4v) is 3.91. The molecule has 0 aliphatic heterocycles. The predicted molar refractivity (Wildman–Crippen MR) is 110 cm³/mol. The molecule has 1 atom stereocenters. The number of nitrogens with zero attached hydrogens (tertiary/aromatic N) is 3. The van der Waals surface area contributed by atoms with Crippen LogP contribution in [0.5, 0.6) is 0 Å². The van der Waals surface area contributed by atoms with E-state index in [1.54, 1.807) is 19.0 Å². The van der Waals surface area contributed by atoms with E-state index in [2.05, 4.69) is 4.98 Å². The average Bonchev–Trinajstić information content (AvgIpc) is 2.66. The number of hydrogen-bond donors (Lipinski definition) is 0. The molecule has 1 aromatic heterocycles. The molecule has 0 N–H and O–H groups in total. The normalized spacial score (nSPS) is 12.1. The van der Waals surface area contributed by atoms with Gasteiger partial charge < -0.3 is 4.90 Å². The number of benzene rings is 2. The highest BCUT2D eigenvalue weighted by atomic mass is 32.2. The lowest BCUT2D eigenvalue weighted by Crippen LogP contribution is -2.33. The van der Waals surface area contributed by atoms with Crippen LogP contribution in [0.3, 0.4) is 0 Å². The van der Waals surface area contributed by atoms with E-state index in [9.17, 15) is 9.59 Å². The van der Waals surface area contributed by atoms with E-state index in [0.29, 0.717) is 22.6 Å². The predicted octanol–water partition coefficient (Wildman–Crippen LogP) is 3.38. The molecular formula is C21H23N3O2S. The van der Waals surface area contributed by atoms with Crippen LogP contribution in [-0.2, 0) is 18.4 Å². The van der Waals surface area contributed by atoms with E-state index in [4.69, 9.17) is 0 Å². The molecule has 2 aromatic carbocycles. The second-order valence-corrected chi connectivity index (χ2v) is 8.03. The van der Waals surface area contributed by atoms with E-state index in [1.165, 1.54) is 16.3 Å². The molecule has 1 heterocycles. The number of thioether (sulfide) groups is 1. The maximum Gasteiger partial charge on any atom is 0.261 e. The maximum atomic E-state index is 12.7. The van der Waals surface area contributed by atoms with Crippen molar-refractivity contribution in [1.29, 1.82) is 0 Å².